The molecule has 0 unspecified atom stereocenters. The zero-order chi connectivity index (χ0) is 13.3. The van der Waals surface area contributed by atoms with Crippen LogP contribution >= 0.6 is 0 Å². The van der Waals surface area contributed by atoms with Gasteiger partial charge in [-0.3, -0.25) is 14.3 Å². The first-order valence-corrected chi connectivity index (χ1v) is 5.54. The van der Waals surface area contributed by atoms with E-state index in [1.807, 2.05) is 0 Å². The van der Waals surface area contributed by atoms with Crippen molar-refractivity contribution in [3.63, 3.8) is 0 Å². The van der Waals surface area contributed by atoms with Crippen LogP contribution in [-0.4, -0.2) is 21.7 Å². The highest BCUT2D eigenvalue weighted by atomic mass is 16.5. The molecule has 8 nitrogen and oxygen atoms in total. The Hall–Kier alpha value is -2.05. The van der Waals surface area contributed by atoms with Gasteiger partial charge in [-0.1, -0.05) is 5.11 Å². The third-order valence-corrected chi connectivity index (χ3v) is 3.01. The van der Waals surface area contributed by atoms with Gasteiger partial charge < -0.3 is 4.74 Å². The molecule has 2 rings (SSSR count). The Morgan fingerprint density at radius 1 is 1.61 bits per heavy atom. The molecule has 0 amide bonds. The topological polar surface area (TPSA) is 113 Å². The van der Waals surface area contributed by atoms with E-state index in [9.17, 15) is 9.59 Å². The van der Waals surface area contributed by atoms with Gasteiger partial charge in [0.1, 0.15) is 6.23 Å². The molecule has 0 spiro atoms. The van der Waals surface area contributed by atoms with Gasteiger partial charge in [-0.15, -0.1) is 0 Å². The van der Waals surface area contributed by atoms with E-state index < -0.39 is 17.5 Å². The van der Waals surface area contributed by atoms with Crippen LogP contribution in [0.15, 0.2) is 20.9 Å². The Morgan fingerprint density at radius 3 is 3.00 bits per heavy atom. The van der Waals surface area contributed by atoms with Gasteiger partial charge in [-0.05, 0) is 19.4 Å². The average molecular weight is 251 g/mol. The second-order valence-corrected chi connectivity index (χ2v) is 4.28. The van der Waals surface area contributed by atoms with Crippen LogP contribution in [0, 0.1) is 6.92 Å². The molecule has 1 aromatic heterocycles. The van der Waals surface area contributed by atoms with Gasteiger partial charge in [-0.2, -0.15) is 0 Å². The molecule has 1 N–H and O–H groups in total. The number of H-pyrrole nitrogens is 1. The molecule has 8 heteroatoms. The lowest BCUT2D eigenvalue weighted by atomic mass is 10.1. The first-order valence-electron chi connectivity index (χ1n) is 5.54. The van der Waals surface area contributed by atoms with Gasteiger partial charge in [-0.25, -0.2) is 4.79 Å². The number of hydrogen-bond donors (Lipinski definition) is 1. The van der Waals surface area contributed by atoms with E-state index in [1.165, 1.54) is 10.8 Å². The second kappa shape index (κ2) is 4.67. The molecule has 0 saturated carbocycles. The minimum absolute atomic E-state index is 0.259. The van der Waals surface area contributed by atoms with Crippen molar-refractivity contribution in [3.8, 4) is 0 Å². The number of hydrogen-bond acceptors (Lipinski definition) is 4. The Kier molecular flexibility index (Phi) is 3.22. The maximum absolute atomic E-state index is 11.7. The third kappa shape index (κ3) is 2.15. The highest BCUT2D eigenvalue weighted by Gasteiger charge is 2.33. The molecule has 96 valence electrons. The quantitative estimate of drug-likeness (QED) is 0.477. The molecule has 1 aliphatic rings. The molecule has 0 radical (unpaired) electrons. The summed E-state index contributed by atoms with van der Waals surface area (Å²) in [5.74, 6) is 0. The van der Waals surface area contributed by atoms with Crippen LogP contribution in [0.25, 0.3) is 10.4 Å². The molecule has 2 heterocycles. The Balaban J connectivity index is 2.35. The number of aromatic nitrogens is 2. The molecule has 18 heavy (non-hydrogen) atoms. The van der Waals surface area contributed by atoms with Crippen molar-refractivity contribution in [1.82, 2.24) is 9.55 Å². The van der Waals surface area contributed by atoms with Gasteiger partial charge in [0.2, 0.25) is 0 Å². The average Bonchev–Trinajstić information content (AvgIpc) is 2.66. The smallest absolute Gasteiger partial charge is 0.330 e. The third-order valence-electron chi connectivity index (χ3n) is 3.01. The molecular weight excluding hydrogens is 238 g/mol. The zero-order valence-corrected chi connectivity index (χ0v) is 10.0. The van der Waals surface area contributed by atoms with Crippen molar-refractivity contribution in [2.24, 2.45) is 5.11 Å². The summed E-state index contributed by atoms with van der Waals surface area (Å²) in [5, 5.41) is 3.62. The molecule has 1 fully saturated rings. The van der Waals surface area contributed by atoms with Crippen LogP contribution in [0.1, 0.15) is 25.1 Å². The lowest BCUT2D eigenvalue weighted by Gasteiger charge is -2.13. The standard InChI is InChI=1S/C10H13N5O3/c1-5-4-15(10(17)12-9(5)16)8-3-7(13-14-11)6(2)18-8/h4,6-8H,3H2,1-2H3,(H,12,16,17)/t6-,7-,8+/m0/s1. The van der Waals surface area contributed by atoms with Crippen molar-refractivity contribution < 1.29 is 4.74 Å². The van der Waals surface area contributed by atoms with E-state index in [1.54, 1.807) is 13.8 Å². The molecule has 0 bridgehead atoms. The van der Waals surface area contributed by atoms with Crippen LogP contribution in [0.5, 0.6) is 0 Å². The van der Waals surface area contributed by atoms with E-state index in [2.05, 4.69) is 15.0 Å². The van der Waals surface area contributed by atoms with Gasteiger partial charge in [0.15, 0.2) is 0 Å². The van der Waals surface area contributed by atoms with Crippen molar-refractivity contribution in [3.05, 3.63) is 43.0 Å². The molecule has 0 aliphatic carbocycles. The van der Waals surface area contributed by atoms with Gasteiger partial charge >= 0.3 is 5.69 Å². The molecule has 3 atom stereocenters. The fourth-order valence-electron chi connectivity index (χ4n) is 1.98. The van der Waals surface area contributed by atoms with E-state index in [0.29, 0.717) is 12.0 Å². The molecule has 0 aromatic carbocycles. The molecule has 1 aliphatic heterocycles. The minimum Gasteiger partial charge on any atom is -0.354 e. The number of nitrogens with zero attached hydrogens (tertiary/aromatic N) is 4. The van der Waals surface area contributed by atoms with Crippen LogP contribution in [-0.2, 0) is 4.74 Å². The van der Waals surface area contributed by atoms with Gasteiger partial charge in [0.05, 0.1) is 12.1 Å². The van der Waals surface area contributed by atoms with Gasteiger partial charge in [0, 0.05) is 23.1 Å². The van der Waals surface area contributed by atoms with Crippen LogP contribution < -0.4 is 11.2 Å². The SMILES string of the molecule is Cc1cn([C@H]2C[C@H](N=[N+]=[N-])[C@H](C)O2)c(=O)[nH]c1=O. The maximum atomic E-state index is 11.7. The van der Waals surface area contributed by atoms with Crippen LogP contribution in [0.4, 0.5) is 0 Å². The Morgan fingerprint density at radius 2 is 2.33 bits per heavy atom. The predicted octanol–water partition coefficient (Wildman–Crippen LogP) is 0.831. The number of ether oxygens (including phenoxy) is 1. The highest BCUT2D eigenvalue weighted by molar-refractivity contribution is 5.02. The second-order valence-electron chi connectivity index (χ2n) is 4.28. The summed E-state index contributed by atoms with van der Waals surface area (Å²) in [6.07, 6.45) is 1.09. The summed E-state index contributed by atoms with van der Waals surface area (Å²) in [6.45, 7) is 3.39. The summed E-state index contributed by atoms with van der Waals surface area (Å²) < 4.78 is 6.88. The zero-order valence-electron chi connectivity index (χ0n) is 10.0. The summed E-state index contributed by atoms with van der Waals surface area (Å²) in [5.41, 5.74) is 7.92. The molecule has 1 aromatic rings. The lowest BCUT2D eigenvalue weighted by molar-refractivity contribution is 0.00601. The first kappa shape index (κ1) is 12.4. The van der Waals surface area contributed by atoms with E-state index in [0.717, 1.165) is 0 Å². The fraction of sp³-hybridized carbons (Fsp3) is 0.600. The Labute approximate surface area is 102 Å². The van der Waals surface area contributed by atoms with Gasteiger partial charge in [0.25, 0.3) is 5.56 Å². The Bertz CT molecular complexity index is 613. The number of azide groups is 1. The van der Waals surface area contributed by atoms with E-state index in [4.69, 9.17) is 10.3 Å². The first-order chi connectivity index (χ1) is 8.52. The van der Waals surface area contributed by atoms with Crippen molar-refractivity contribution >= 4 is 0 Å². The maximum Gasteiger partial charge on any atom is 0.330 e. The van der Waals surface area contributed by atoms with Crippen molar-refractivity contribution in [1.29, 1.82) is 0 Å². The van der Waals surface area contributed by atoms with E-state index in [-0.39, 0.29) is 12.1 Å². The summed E-state index contributed by atoms with van der Waals surface area (Å²) in [4.78, 5) is 27.9. The summed E-state index contributed by atoms with van der Waals surface area (Å²) >= 11 is 0. The van der Waals surface area contributed by atoms with Crippen LogP contribution in [0.3, 0.4) is 0 Å². The molecule has 1 saturated heterocycles. The largest absolute Gasteiger partial charge is 0.354 e. The van der Waals surface area contributed by atoms with Crippen LogP contribution in [0.2, 0.25) is 0 Å². The minimum atomic E-state index is -0.524. The lowest BCUT2D eigenvalue weighted by Crippen LogP contribution is -2.33. The number of nitrogens with one attached hydrogen (secondary N) is 1. The number of aryl methyl sites for hydroxylation is 1. The number of aromatic amines is 1. The van der Waals surface area contributed by atoms with Crippen molar-refractivity contribution in [2.45, 2.75) is 38.6 Å². The molecular formula is C10H13N5O3. The monoisotopic (exact) mass is 251 g/mol. The highest BCUT2D eigenvalue weighted by Crippen LogP contribution is 2.29. The summed E-state index contributed by atoms with van der Waals surface area (Å²) in [7, 11) is 0. The normalized spacial score (nSPS) is 26.9. The van der Waals surface area contributed by atoms with E-state index >= 15 is 0 Å². The van der Waals surface area contributed by atoms with Crippen molar-refractivity contribution in [2.75, 3.05) is 0 Å². The number of rotatable bonds is 2. The summed E-state index contributed by atoms with van der Waals surface area (Å²) in [6, 6.07) is -0.306. The predicted molar refractivity (Wildman–Crippen MR) is 63.2 cm³/mol. The fourth-order valence-corrected chi connectivity index (χ4v) is 1.98.